The normalized spacial score (nSPS) is 10.2. The molecule has 0 aliphatic heterocycles. The van der Waals surface area contributed by atoms with Crippen LogP contribution < -0.4 is 14.2 Å². The fourth-order valence-electron chi connectivity index (χ4n) is 1.94. The van der Waals surface area contributed by atoms with E-state index < -0.39 is 0 Å². The second-order valence-electron chi connectivity index (χ2n) is 4.33. The molecule has 0 bridgehead atoms. The van der Waals surface area contributed by atoms with E-state index in [0.717, 1.165) is 16.9 Å². The number of hydrogen-bond acceptors (Lipinski definition) is 3. The van der Waals surface area contributed by atoms with Gasteiger partial charge in [0.05, 0.1) is 14.2 Å². The van der Waals surface area contributed by atoms with Crippen LogP contribution in [-0.2, 0) is 5.88 Å². The Balaban J connectivity index is 2.39. The lowest BCUT2D eigenvalue weighted by Gasteiger charge is -2.15. The third-order valence-corrected chi connectivity index (χ3v) is 3.30. The number of aryl methyl sites for hydroxylation is 1. The molecule has 3 nitrogen and oxygen atoms in total. The fourth-order valence-corrected chi connectivity index (χ4v) is 2.10. The Morgan fingerprint density at radius 1 is 0.950 bits per heavy atom. The van der Waals surface area contributed by atoms with E-state index in [1.165, 1.54) is 0 Å². The number of benzene rings is 2. The van der Waals surface area contributed by atoms with Crippen LogP contribution in [0.25, 0.3) is 0 Å². The van der Waals surface area contributed by atoms with Gasteiger partial charge < -0.3 is 14.2 Å². The molecule has 0 radical (unpaired) electrons. The standard InChI is InChI=1S/C16H17ClO3/c1-11-9-12(10-17)7-8-13(11)20-16-14(18-2)5-4-6-15(16)19-3/h4-9H,10H2,1-3H3. The first-order chi connectivity index (χ1) is 9.69. The highest BCUT2D eigenvalue weighted by Crippen LogP contribution is 2.40. The maximum absolute atomic E-state index is 5.96. The van der Waals surface area contributed by atoms with Crippen molar-refractivity contribution in [1.29, 1.82) is 0 Å². The largest absolute Gasteiger partial charge is 0.493 e. The molecule has 0 aromatic heterocycles. The smallest absolute Gasteiger partial charge is 0.211 e. The molecule has 0 aliphatic rings. The van der Waals surface area contributed by atoms with E-state index in [9.17, 15) is 0 Å². The van der Waals surface area contributed by atoms with Crippen molar-refractivity contribution in [2.75, 3.05) is 14.2 Å². The summed E-state index contributed by atoms with van der Waals surface area (Å²) >= 11 is 5.83. The molecule has 0 amide bonds. The highest BCUT2D eigenvalue weighted by Gasteiger charge is 2.13. The second kappa shape index (κ2) is 6.53. The van der Waals surface area contributed by atoms with Crippen molar-refractivity contribution in [2.24, 2.45) is 0 Å². The average Bonchev–Trinajstić information content (AvgIpc) is 2.49. The third-order valence-electron chi connectivity index (χ3n) is 2.99. The van der Waals surface area contributed by atoms with Gasteiger partial charge in [-0.3, -0.25) is 0 Å². The Bertz CT molecular complexity index is 574. The topological polar surface area (TPSA) is 27.7 Å². The number of rotatable bonds is 5. The lowest BCUT2D eigenvalue weighted by molar-refractivity contribution is 0.345. The summed E-state index contributed by atoms with van der Waals surface area (Å²) < 4.78 is 16.6. The van der Waals surface area contributed by atoms with Gasteiger partial charge in [-0.25, -0.2) is 0 Å². The van der Waals surface area contributed by atoms with Crippen LogP contribution in [-0.4, -0.2) is 14.2 Å². The van der Waals surface area contributed by atoms with Crippen LogP contribution in [0.1, 0.15) is 11.1 Å². The molecule has 0 heterocycles. The number of para-hydroxylation sites is 1. The fraction of sp³-hybridized carbons (Fsp3) is 0.250. The summed E-state index contributed by atoms with van der Waals surface area (Å²) in [5.41, 5.74) is 2.07. The van der Waals surface area contributed by atoms with Gasteiger partial charge in [-0.1, -0.05) is 18.2 Å². The molecule has 0 fully saturated rings. The molecule has 0 unspecified atom stereocenters. The summed E-state index contributed by atoms with van der Waals surface area (Å²) in [6.07, 6.45) is 0. The molecular weight excluding hydrogens is 276 g/mol. The van der Waals surface area contributed by atoms with Gasteiger partial charge in [0.1, 0.15) is 5.75 Å². The predicted molar refractivity (Wildman–Crippen MR) is 80.4 cm³/mol. The Morgan fingerprint density at radius 3 is 2.10 bits per heavy atom. The average molecular weight is 293 g/mol. The van der Waals surface area contributed by atoms with Crippen molar-refractivity contribution in [3.63, 3.8) is 0 Å². The maximum atomic E-state index is 5.96. The van der Waals surface area contributed by atoms with Gasteiger partial charge in [-0.15, -0.1) is 11.6 Å². The molecular formula is C16H17ClO3. The predicted octanol–water partition coefficient (Wildman–Crippen LogP) is 4.54. The van der Waals surface area contributed by atoms with Crippen molar-refractivity contribution in [2.45, 2.75) is 12.8 Å². The number of methoxy groups -OCH3 is 2. The SMILES string of the molecule is COc1cccc(OC)c1Oc1ccc(CCl)cc1C. The first-order valence-corrected chi connectivity index (χ1v) is 6.77. The Kier molecular flexibility index (Phi) is 4.74. The molecule has 2 rings (SSSR count). The zero-order valence-corrected chi connectivity index (χ0v) is 12.5. The monoisotopic (exact) mass is 292 g/mol. The van der Waals surface area contributed by atoms with Gasteiger partial charge in [-0.2, -0.15) is 0 Å². The molecule has 0 atom stereocenters. The van der Waals surface area contributed by atoms with Gasteiger partial charge in [0.25, 0.3) is 0 Å². The van der Waals surface area contributed by atoms with Crippen molar-refractivity contribution in [1.82, 2.24) is 0 Å². The van der Waals surface area contributed by atoms with Crippen molar-refractivity contribution in [3.05, 3.63) is 47.5 Å². The van der Waals surface area contributed by atoms with E-state index in [1.54, 1.807) is 14.2 Å². The van der Waals surface area contributed by atoms with Gasteiger partial charge in [-0.05, 0) is 36.2 Å². The summed E-state index contributed by atoms with van der Waals surface area (Å²) in [7, 11) is 3.20. The van der Waals surface area contributed by atoms with Crippen molar-refractivity contribution < 1.29 is 14.2 Å². The minimum absolute atomic E-state index is 0.485. The van der Waals surface area contributed by atoms with Gasteiger partial charge in [0, 0.05) is 5.88 Å². The number of hydrogen-bond donors (Lipinski definition) is 0. The highest BCUT2D eigenvalue weighted by atomic mass is 35.5. The first-order valence-electron chi connectivity index (χ1n) is 6.24. The van der Waals surface area contributed by atoms with E-state index in [1.807, 2.05) is 43.3 Å². The molecule has 0 aliphatic carbocycles. The minimum atomic E-state index is 0.485. The Morgan fingerprint density at radius 2 is 1.60 bits per heavy atom. The first kappa shape index (κ1) is 14.5. The van der Waals surface area contributed by atoms with E-state index in [0.29, 0.717) is 23.1 Å². The molecule has 0 N–H and O–H groups in total. The second-order valence-corrected chi connectivity index (χ2v) is 4.59. The lowest BCUT2D eigenvalue weighted by atomic mass is 10.1. The summed E-state index contributed by atoms with van der Waals surface area (Å²) in [5, 5.41) is 0. The zero-order chi connectivity index (χ0) is 14.5. The molecule has 2 aromatic rings. The van der Waals surface area contributed by atoms with E-state index in [2.05, 4.69) is 0 Å². The van der Waals surface area contributed by atoms with Crippen molar-refractivity contribution in [3.8, 4) is 23.0 Å². The molecule has 20 heavy (non-hydrogen) atoms. The lowest BCUT2D eigenvalue weighted by Crippen LogP contribution is -1.96. The number of alkyl halides is 1. The van der Waals surface area contributed by atoms with Crippen LogP contribution >= 0.6 is 11.6 Å². The van der Waals surface area contributed by atoms with Crippen LogP contribution in [0.15, 0.2) is 36.4 Å². The Hall–Kier alpha value is -1.87. The third kappa shape index (κ3) is 2.99. The Labute approximate surface area is 124 Å². The summed E-state index contributed by atoms with van der Waals surface area (Å²) in [6.45, 7) is 1.98. The molecule has 0 spiro atoms. The zero-order valence-electron chi connectivity index (χ0n) is 11.8. The number of halogens is 1. The van der Waals surface area contributed by atoms with E-state index in [-0.39, 0.29) is 0 Å². The molecule has 106 valence electrons. The van der Waals surface area contributed by atoms with E-state index >= 15 is 0 Å². The van der Waals surface area contributed by atoms with Crippen LogP contribution in [0.3, 0.4) is 0 Å². The summed E-state index contributed by atoms with van der Waals surface area (Å²) in [5.74, 6) is 3.07. The molecule has 0 saturated heterocycles. The van der Waals surface area contributed by atoms with Crippen LogP contribution in [0.4, 0.5) is 0 Å². The number of ether oxygens (including phenoxy) is 3. The van der Waals surface area contributed by atoms with Crippen LogP contribution in [0.5, 0.6) is 23.0 Å². The van der Waals surface area contributed by atoms with Gasteiger partial charge in [0.15, 0.2) is 11.5 Å². The van der Waals surface area contributed by atoms with Gasteiger partial charge in [0.2, 0.25) is 5.75 Å². The highest BCUT2D eigenvalue weighted by molar-refractivity contribution is 6.17. The quantitative estimate of drug-likeness (QED) is 0.757. The van der Waals surface area contributed by atoms with E-state index in [4.69, 9.17) is 25.8 Å². The van der Waals surface area contributed by atoms with Crippen LogP contribution in [0, 0.1) is 6.92 Å². The van der Waals surface area contributed by atoms with Gasteiger partial charge >= 0.3 is 0 Å². The summed E-state index contributed by atoms with van der Waals surface area (Å²) in [4.78, 5) is 0. The molecule has 0 saturated carbocycles. The molecule has 2 aromatic carbocycles. The minimum Gasteiger partial charge on any atom is -0.493 e. The molecule has 4 heteroatoms. The summed E-state index contributed by atoms with van der Waals surface area (Å²) in [6, 6.07) is 11.4. The van der Waals surface area contributed by atoms with Crippen LogP contribution in [0.2, 0.25) is 0 Å². The van der Waals surface area contributed by atoms with Crippen molar-refractivity contribution >= 4 is 11.6 Å². The maximum Gasteiger partial charge on any atom is 0.211 e.